The van der Waals surface area contributed by atoms with E-state index in [1.54, 1.807) is 19.1 Å². The van der Waals surface area contributed by atoms with Crippen molar-refractivity contribution in [2.45, 2.75) is 6.92 Å². The first kappa shape index (κ1) is 15.4. The molecule has 0 N–H and O–H groups in total. The van der Waals surface area contributed by atoms with Crippen LogP contribution in [0.5, 0.6) is 0 Å². The number of esters is 1. The Morgan fingerprint density at radius 2 is 1.74 bits per heavy atom. The van der Waals surface area contributed by atoms with Crippen LogP contribution in [0.4, 0.5) is 0 Å². The van der Waals surface area contributed by atoms with Crippen LogP contribution in [0.1, 0.15) is 17.5 Å². The van der Waals surface area contributed by atoms with E-state index in [2.05, 4.69) is 0 Å². The SMILES string of the molecule is CCOC(=O)c1oc(-c2ccc(Cl)cc2)cc1-c1ccccc1. The third-order valence-corrected chi connectivity index (χ3v) is 3.66. The van der Waals surface area contributed by atoms with E-state index < -0.39 is 5.97 Å². The van der Waals surface area contributed by atoms with Gasteiger partial charge in [-0.3, -0.25) is 0 Å². The van der Waals surface area contributed by atoms with Gasteiger partial charge in [0.05, 0.1) is 6.61 Å². The Balaban J connectivity index is 2.10. The zero-order valence-electron chi connectivity index (χ0n) is 12.6. The van der Waals surface area contributed by atoms with Crippen molar-refractivity contribution >= 4 is 17.6 Å². The summed E-state index contributed by atoms with van der Waals surface area (Å²) in [5, 5.41) is 0.647. The monoisotopic (exact) mass is 326 g/mol. The molecule has 0 fully saturated rings. The Morgan fingerprint density at radius 1 is 1.04 bits per heavy atom. The highest BCUT2D eigenvalue weighted by Crippen LogP contribution is 2.33. The zero-order valence-corrected chi connectivity index (χ0v) is 13.3. The lowest BCUT2D eigenvalue weighted by molar-refractivity contribution is 0.0492. The molecule has 2 aromatic carbocycles. The maximum absolute atomic E-state index is 12.2. The molecule has 4 heteroatoms. The van der Waals surface area contributed by atoms with E-state index in [9.17, 15) is 4.79 Å². The molecule has 3 rings (SSSR count). The summed E-state index contributed by atoms with van der Waals surface area (Å²) in [6.07, 6.45) is 0. The van der Waals surface area contributed by atoms with Gasteiger partial charge in [0.15, 0.2) is 0 Å². The highest BCUT2D eigenvalue weighted by molar-refractivity contribution is 6.30. The highest BCUT2D eigenvalue weighted by atomic mass is 35.5. The molecule has 1 aromatic heterocycles. The van der Waals surface area contributed by atoms with E-state index in [0.717, 1.165) is 11.1 Å². The van der Waals surface area contributed by atoms with E-state index >= 15 is 0 Å². The van der Waals surface area contributed by atoms with E-state index in [1.165, 1.54) is 0 Å². The zero-order chi connectivity index (χ0) is 16.2. The van der Waals surface area contributed by atoms with Crippen molar-refractivity contribution in [2.75, 3.05) is 6.61 Å². The van der Waals surface area contributed by atoms with Crippen LogP contribution in [0.2, 0.25) is 5.02 Å². The maximum atomic E-state index is 12.2. The Hall–Kier alpha value is -2.52. The number of ether oxygens (including phenoxy) is 1. The molecule has 0 saturated carbocycles. The van der Waals surface area contributed by atoms with Crippen molar-refractivity contribution < 1.29 is 13.9 Å². The normalized spacial score (nSPS) is 10.5. The molecule has 3 nitrogen and oxygen atoms in total. The maximum Gasteiger partial charge on any atom is 0.374 e. The van der Waals surface area contributed by atoms with Crippen LogP contribution in [0, 0.1) is 0 Å². The Morgan fingerprint density at radius 3 is 2.39 bits per heavy atom. The number of carbonyl (C=O) groups excluding carboxylic acids is 1. The molecule has 0 amide bonds. The molecule has 0 bridgehead atoms. The summed E-state index contributed by atoms with van der Waals surface area (Å²) in [4.78, 5) is 12.2. The first-order chi connectivity index (χ1) is 11.2. The van der Waals surface area contributed by atoms with Gasteiger partial charge in [0.2, 0.25) is 5.76 Å². The van der Waals surface area contributed by atoms with E-state index in [-0.39, 0.29) is 5.76 Å². The van der Waals surface area contributed by atoms with Gasteiger partial charge < -0.3 is 9.15 Å². The summed E-state index contributed by atoms with van der Waals surface area (Å²) in [7, 11) is 0. The molecule has 0 aliphatic rings. The fraction of sp³-hybridized carbons (Fsp3) is 0.105. The molecule has 116 valence electrons. The van der Waals surface area contributed by atoms with Crippen LogP contribution in [0.25, 0.3) is 22.5 Å². The fourth-order valence-corrected chi connectivity index (χ4v) is 2.45. The molecule has 3 aromatic rings. The van der Waals surface area contributed by atoms with Crippen LogP contribution in [-0.4, -0.2) is 12.6 Å². The van der Waals surface area contributed by atoms with Gasteiger partial charge in [-0.15, -0.1) is 0 Å². The van der Waals surface area contributed by atoms with E-state index in [4.69, 9.17) is 20.8 Å². The predicted octanol–water partition coefficient (Wildman–Crippen LogP) is 5.44. The van der Waals surface area contributed by atoms with Gasteiger partial charge in [0.25, 0.3) is 0 Å². The van der Waals surface area contributed by atoms with Gasteiger partial charge in [-0.05, 0) is 42.8 Å². The quantitative estimate of drug-likeness (QED) is 0.599. The molecule has 23 heavy (non-hydrogen) atoms. The second-order valence-corrected chi connectivity index (χ2v) is 5.38. The van der Waals surface area contributed by atoms with E-state index in [0.29, 0.717) is 23.0 Å². The summed E-state index contributed by atoms with van der Waals surface area (Å²) in [6.45, 7) is 2.06. The second kappa shape index (κ2) is 6.71. The van der Waals surface area contributed by atoms with Crippen LogP contribution in [-0.2, 0) is 4.74 Å². The van der Waals surface area contributed by atoms with Gasteiger partial charge in [0.1, 0.15) is 5.76 Å². The van der Waals surface area contributed by atoms with Crippen LogP contribution in [0.3, 0.4) is 0 Å². The van der Waals surface area contributed by atoms with Crippen molar-refractivity contribution in [1.82, 2.24) is 0 Å². The number of carbonyl (C=O) groups is 1. The summed E-state index contributed by atoms with van der Waals surface area (Å²) < 4.78 is 10.9. The first-order valence-corrected chi connectivity index (χ1v) is 7.69. The number of halogens is 1. The average Bonchev–Trinajstić information content (AvgIpc) is 3.02. The van der Waals surface area contributed by atoms with Crippen molar-refractivity contribution in [3.8, 4) is 22.5 Å². The third kappa shape index (κ3) is 3.30. The molecule has 0 saturated heterocycles. The third-order valence-electron chi connectivity index (χ3n) is 3.41. The van der Waals surface area contributed by atoms with Crippen molar-refractivity contribution in [3.63, 3.8) is 0 Å². The minimum atomic E-state index is -0.466. The first-order valence-electron chi connectivity index (χ1n) is 7.31. The molecule has 0 unspecified atom stereocenters. The molecule has 0 atom stereocenters. The summed E-state index contributed by atoms with van der Waals surface area (Å²) >= 11 is 5.92. The van der Waals surface area contributed by atoms with E-state index in [1.807, 2.05) is 48.5 Å². The van der Waals surface area contributed by atoms with Gasteiger partial charge in [-0.1, -0.05) is 41.9 Å². The Labute approximate surface area is 139 Å². The summed E-state index contributed by atoms with van der Waals surface area (Å²) in [5.41, 5.74) is 2.47. The average molecular weight is 327 g/mol. The number of hydrogen-bond donors (Lipinski definition) is 0. The fourth-order valence-electron chi connectivity index (χ4n) is 2.33. The topological polar surface area (TPSA) is 39.4 Å². The van der Waals surface area contributed by atoms with Crippen LogP contribution >= 0.6 is 11.6 Å². The highest BCUT2D eigenvalue weighted by Gasteiger charge is 2.21. The summed E-state index contributed by atoms with van der Waals surface area (Å²) in [5.74, 6) is 0.345. The standard InChI is InChI=1S/C19H15ClO3/c1-2-22-19(21)18-16(13-6-4-3-5-7-13)12-17(23-18)14-8-10-15(20)11-9-14/h3-12H,2H2,1H3. The van der Waals surface area contributed by atoms with Gasteiger partial charge >= 0.3 is 5.97 Å². The molecular formula is C19H15ClO3. The molecule has 0 aliphatic carbocycles. The Bertz CT molecular complexity index is 804. The number of furan rings is 1. The van der Waals surface area contributed by atoms with Gasteiger partial charge in [0, 0.05) is 16.1 Å². The molecular weight excluding hydrogens is 312 g/mol. The smallest absolute Gasteiger partial charge is 0.374 e. The van der Waals surface area contributed by atoms with Crippen LogP contribution < -0.4 is 0 Å². The summed E-state index contributed by atoms with van der Waals surface area (Å²) in [6, 6.07) is 18.7. The van der Waals surface area contributed by atoms with Crippen LogP contribution in [0.15, 0.2) is 65.1 Å². The number of rotatable bonds is 4. The minimum Gasteiger partial charge on any atom is -0.460 e. The lowest BCUT2D eigenvalue weighted by atomic mass is 10.0. The largest absolute Gasteiger partial charge is 0.460 e. The molecule has 0 radical (unpaired) electrons. The second-order valence-electron chi connectivity index (χ2n) is 4.95. The number of benzene rings is 2. The predicted molar refractivity (Wildman–Crippen MR) is 90.5 cm³/mol. The molecule has 1 heterocycles. The molecule has 0 aliphatic heterocycles. The number of hydrogen-bond acceptors (Lipinski definition) is 3. The lowest BCUT2D eigenvalue weighted by Crippen LogP contribution is -2.04. The van der Waals surface area contributed by atoms with Crippen molar-refractivity contribution in [3.05, 3.63) is 71.4 Å². The Kier molecular flexibility index (Phi) is 4.49. The van der Waals surface area contributed by atoms with Gasteiger partial charge in [-0.25, -0.2) is 4.79 Å². The lowest BCUT2D eigenvalue weighted by Gasteiger charge is -2.02. The van der Waals surface area contributed by atoms with Gasteiger partial charge in [-0.2, -0.15) is 0 Å². The van der Waals surface area contributed by atoms with Crippen molar-refractivity contribution in [2.24, 2.45) is 0 Å². The minimum absolute atomic E-state index is 0.211. The van der Waals surface area contributed by atoms with Crippen molar-refractivity contribution in [1.29, 1.82) is 0 Å². The molecule has 0 spiro atoms.